The summed E-state index contributed by atoms with van der Waals surface area (Å²) in [6.45, 7) is 10.3. The predicted molar refractivity (Wildman–Crippen MR) is 73.8 cm³/mol. The summed E-state index contributed by atoms with van der Waals surface area (Å²) in [5, 5.41) is 3.61. The third-order valence-electron chi connectivity index (χ3n) is 3.44. The SMILES string of the molecule is CCC(CC)(CCCSC)CNC(C)C. The van der Waals surface area contributed by atoms with Gasteiger partial charge in [0, 0.05) is 12.6 Å². The molecule has 1 nitrogen and oxygen atoms in total. The first-order valence-electron chi connectivity index (χ1n) is 6.32. The van der Waals surface area contributed by atoms with Crippen LogP contribution in [0.15, 0.2) is 0 Å². The predicted octanol–water partition coefficient (Wildman–Crippen LogP) is 3.93. The second-order valence-corrected chi connectivity index (χ2v) is 5.82. The number of rotatable bonds is 9. The molecule has 0 amide bonds. The summed E-state index contributed by atoms with van der Waals surface area (Å²) in [5.41, 5.74) is 0.542. The molecule has 0 aliphatic carbocycles. The molecule has 0 spiro atoms. The van der Waals surface area contributed by atoms with Crippen LogP contribution >= 0.6 is 11.8 Å². The molecule has 1 N–H and O–H groups in total. The van der Waals surface area contributed by atoms with Gasteiger partial charge in [-0.05, 0) is 43.1 Å². The molecule has 0 heterocycles. The Morgan fingerprint density at radius 2 is 1.80 bits per heavy atom. The van der Waals surface area contributed by atoms with Gasteiger partial charge in [0.2, 0.25) is 0 Å². The third kappa shape index (κ3) is 6.47. The molecule has 0 saturated carbocycles. The van der Waals surface area contributed by atoms with E-state index in [1.54, 1.807) is 0 Å². The lowest BCUT2D eigenvalue weighted by molar-refractivity contribution is 0.220. The third-order valence-corrected chi connectivity index (χ3v) is 4.14. The molecule has 0 rings (SSSR count). The van der Waals surface area contributed by atoms with Gasteiger partial charge >= 0.3 is 0 Å². The normalized spacial score (nSPS) is 12.4. The maximum absolute atomic E-state index is 3.61. The monoisotopic (exact) mass is 231 g/mol. The maximum atomic E-state index is 3.61. The van der Waals surface area contributed by atoms with Crippen molar-refractivity contribution in [2.75, 3.05) is 18.6 Å². The highest BCUT2D eigenvalue weighted by Crippen LogP contribution is 2.31. The Morgan fingerprint density at radius 1 is 1.20 bits per heavy atom. The fourth-order valence-corrected chi connectivity index (χ4v) is 2.39. The Hall–Kier alpha value is 0.310. The topological polar surface area (TPSA) is 12.0 Å². The molecule has 0 saturated heterocycles. The van der Waals surface area contributed by atoms with E-state index in [1.807, 2.05) is 11.8 Å². The summed E-state index contributed by atoms with van der Waals surface area (Å²) in [7, 11) is 0. The van der Waals surface area contributed by atoms with Gasteiger partial charge in [-0.25, -0.2) is 0 Å². The van der Waals surface area contributed by atoms with E-state index in [9.17, 15) is 0 Å². The van der Waals surface area contributed by atoms with Gasteiger partial charge in [-0.2, -0.15) is 11.8 Å². The van der Waals surface area contributed by atoms with Crippen molar-refractivity contribution in [3.8, 4) is 0 Å². The minimum Gasteiger partial charge on any atom is -0.314 e. The van der Waals surface area contributed by atoms with Gasteiger partial charge < -0.3 is 5.32 Å². The lowest BCUT2D eigenvalue weighted by Gasteiger charge is -2.33. The number of nitrogens with one attached hydrogen (secondary N) is 1. The zero-order chi connectivity index (χ0) is 11.7. The molecular weight excluding hydrogens is 202 g/mol. The van der Waals surface area contributed by atoms with Gasteiger partial charge in [-0.3, -0.25) is 0 Å². The van der Waals surface area contributed by atoms with E-state index in [4.69, 9.17) is 0 Å². The summed E-state index contributed by atoms with van der Waals surface area (Å²) < 4.78 is 0. The van der Waals surface area contributed by atoms with Crippen LogP contribution in [0.25, 0.3) is 0 Å². The van der Waals surface area contributed by atoms with Crippen molar-refractivity contribution in [2.24, 2.45) is 5.41 Å². The lowest BCUT2D eigenvalue weighted by Crippen LogP contribution is -2.37. The Kier molecular flexibility index (Phi) is 8.64. The zero-order valence-electron chi connectivity index (χ0n) is 11.2. The van der Waals surface area contributed by atoms with Crippen LogP contribution < -0.4 is 5.32 Å². The highest BCUT2D eigenvalue weighted by molar-refractivity contribution is 7.98. The van der Waals surface area contributed by atoms with Crippen molar-refractivity contribution < 1.29 is 0 Å². The highest BCUT2D eigenvalue weighted by atomic mass is 32.2. The van der Waals surface area contributed by atoms with Crippen LogP contribution in [0.4, 0.5) is 0 Å². The minimum atomic E-state index is 0.542. The maximum Gasteiger partial charge on any atom is 0.00106 e. The van der Waals surface area contributed by atoms with Crippen molar-refractivity contribution in [1.29, 1.82) is 0 Å². The molecule has 0 aliphatic rings. The smallest absolute Gasteiger partial charge is 0.00106 e. The van der Waals surface area contributed by atoms with Crippen molar-refractivity contribution in [3.63, 3.8) is 0 Å². The molecule has 0 aromatic carbocycles. The highest BCUT2D eigenvalue weighted by Gasteiger charge is 2.25. The summed E-state index contributed by atoms with van der Waals surface area (Å²) in [5.74, 6) is 1.31. The van der Waals surface area contributed by atoms with Crippen LogP contribution in [0.5, 0.6) is 0 Å². The minimum absolute atomic E-state index is 0.542. The Morgan fingerprint density at radius 3 is 2.20 bits per heavy atom. The Bertz CT molecular complexity index is 141. The molecule has 0 radical (unpaired) electrons. The molecule has 0 fully saturated rings. The van der Waals surface area contributed by atoms with E-state index in [0.717, 1.165) is 0 Å². The molecule has 92 valence electrons. The van der Waals surface area contributed by atoms with Gasteiger partial charge in [-0.15, -0.1) is 0 Å². The van der Waals surface area contributed by atoms with Crippen LogP contribution in [0.2, 0.25) is 0 Å². The van der Waals surface area contributed by atoms with Crippen molar-refractivity contribution in [2.45, 2.75) is 59.4 Å². The first-order valence-corrected chi connectivity index (χ1v) is 7.72. The van der Waals surface area contributed by atoms with Gasteiger partial charge in [0.25, 0.3) is 0 Å². The summed E-state index contributed by atoms with van der Waals surface area (Å²) in [4.78, 5) is 0. The van der Waals surface area contributed by atoms with Gasteiger partial charge in [0.1, 0.15) is 0 Å². The summed E-state index contributed by atoms with van der Waals surface area (Å²) >= 11 is 1.97. The Balaban J connectivity index is 4.05. The van der Waals surface area contributed by atoms with E-state index >= 15 is 0 Å². The lowest BCUT2D eigenvalue weighted by atomic mass is 9.78. The average molecular weight is 231 g/mol. The molecule has 0 bridgehead atoms. The van der Waals surface area contributed by atoms with Gasteiger partial charge in [0.05, 0.1) is 0 Å². The summed E-state index contributed by atoms with van der Waals surface area (Å²) in [6, 6.07) is 0.614. The molecule has 0 unspecified atom stereocenters. The first-order chi connectivity index (χ1) is 7.10. The standard InChI is InChI=1S/C13H29NS/c1-6-13(7-2,9-8-10-15-5)11-14-12(3)4/h12,14H,6-11H2,1-5H3. The molecular formula is C13H29NS. The number of hydrogen-bond acceptors (Lipinski definition) is 2. The van der Waals surface area contributed by atoms with Crippen molar-refractivity contribution in [3.05, 3.63) is 0 Å². The number of thioether (sulfide) groups is 1. The molecule has 0 aromatic rings. The average Bonchev–Trinajstić information content (AvgIpc) is 2.23. The van der Waals surface area contributed by atoms with E-state index in [-0.39, 0.29) is 0 Å². The quantitative estimate of drug-likeness (QED) is 0.603. The van der Waals surface area contributed by atoms with Crippen LogP contribution in [-0.4, -0.2) is 24.6 Å². The fourth-order valence-electron chi connectivity index (χ4n) is 1.95. The van der Waals surface area contributed by atoms with Crippen LogP contribution in [0.3, 0.4) is 0 Å². The van der Waals surface area contributed by atoms with E-state index < -0.39 is 0 Å². The zero-order valence-corrected chi connectivity index (χ0v) is 12.0. The van der Waals surface area contributed by atoms with E-state index in [0.29, 0.717) is 11.5 Å². The molecule has 15 heavy (non-hydrogen) atoms. The fraction of sp³-hybridized carbons (Fsp3) is 1.00. The van der Waals surface area contributed by atoms with E-state index in [2.05, 4.69) is 39.3 Å². The second-order valence-electron chi connectivity index (χ2n) is 4.84. The summed E-state index contributed by atoms with van der Waals surface area (Å²) in [6.07, 6.45) is 7.55. The molecule has 0 aromatic heterocycles. The van der Waals surface area contributed by atoms with Gasteiger partial charge in [0.15, 0.2) is 0 Å². The van der Waals surface area contributed by atoms with E-state index in [1.165, 1.54) is 38.0 Å². The largest absolute Gasteiger partial charge is 0.314 e. The second kappa shape index (κ2) is 8.46. The van der Waals surface area contributed by atoms with Crippen LogP contribution in [0, 0.1) is 5.41 Å². The molecule has 0 aliphatic heterocycles. The Labute approximate surface area is 101 Å². The van der Waals surface area contributed by atoms with Gasteiger partial charge in [-0.1, -0.05) is 27.7 Å². The molecule has 0 atom stereocenters. The van der Waals surface area contributed by atoms with Crippen molar-refractivity contribution >= 4 is 11.8 Å². The number of hydrogen-bond donors (Lipinski definition) is 1. The van der Waals surface area contributed by atoms with Crippen molar-refractivity contribution in [1.82, 2.24) is 5.32 Å². The first kappa shape index (κ1) is 15.3. The molecule has 2 heteroatoms. The van der Waals surface area contributed by atoms with Crippen LogP contribution in [-0.2, 0) is 0 Å². The van der Waals surface area contributed by atoms with Crippen LogP contribution in [0.1, 0.15) is 53.4 Å².